The summed E-state index contributed by atoms with van der Waals surface area (Å²) in [6.45, 7) is 2.64. The largest absolute Gasteiger partial charge is 0.486 e. The normalized spacial score (nSPS) is 13.8. The van der Waals surface area contributed by atoms with Crippen LogP contribution >= 0.6 is 23.4 Å². The van der Waals surface area contributed by atoms with Crippen LogP contribution in [0.5, 0.6) is 11.5 Å². The van der Waals surface area contributed by atoms with E-state index in [1.54, 1.807) is 31.2 Å². The summed E-state index contributed by atoms with van der Waals surface area (Å²) in [5, 5.41) is 13.4. The topological polar surface area (TPSA) is 90.7 Å². The lowest BCUT2D eigenvalue weighted by Gasteiger charge is -2.20. The van der Waals surface area contributed by atoms with Gasteiger partial charge >= 0.3 is 0 Å². The lowest BCUT2D eigenvalue weighted by atomic mass is 10.2. The Morgan fingerprint density at radius 1 is 1.23 bits per heavy atom. The number of benzene rings is 2. The molecule has 1 aliphatic rings. The molecular formula is C17H15ClN2O5S. The van der Waals surface area contributed by atoms with Crippen molar-refractivity contribution in [2.24, 2.45) is 0 Å². The predicted molar refractivity (Wildman–Crippen MR) is 99.5 cm³/mol. The van der Waals surface area contributed by atoms with Crippen LogP contribution in [-0.4, -0.2) is 29.3 Å². The summed E-state index contributed by atoms with van der Waals surface area (Å²) in [5.74, 6) is 0.839. The highest BCUT2D eigenvalue weighted by atomic mass is 35.5. The zero-order valence-electron chi connectivity index (χ0n) is 13.7. The maximum Gasteiger partial charge on any atom is 0.269 e. The number of anilines is 1. The number of thioether (sulfide) groups is 1. The van der Waals surface area contributed by atoms with Crippen molar-refractivity contribution in [3.63, 3.8) is 0 Å². The van der Waals surface area contributed by atoms with E-state index in [0.29, 0.717) is 35.4 Å². The molecular weight excluding hydrogens is 380 g/mol. The van der Waals surface area contributed by atoms with Gasteiger partial charge in [0.05, 0.1) is 20.9 Å². The third-order valence-corrected chi connectivity index (χ3v) is 5.04. The Kier molecular flexibility index (Phi) is 5.53. The molecule has 1 amide bonds. The van der Waals surface area contributed by atoms with Gasteiger partial charge in [0.1, 0.15) is 13.2 Å². The molecule has 0 radical (unpaired) electrons. The van der Waals surface area contributed by atoms with Gasteiger partial charge in [-0.15, -0.1) is 11.8 Å². The van der Waals surface area contributed by atoms with Crippen LogP contribution in [0.3, 0.4) is 0 Å². The number of ether oxygens (including phenoxy) is 2. The van der Waals surface area contributed by atoms with Gasteiger partial charge in [0, 0.05) is 29.2 Å². The van der Waals surface area contributed by atoms with Crippen LogP contribution < -0.4 is 14.8 Å². The molecule has 0 aliphatic carbocycles. The monoisotopic (exact) mass is 394 g/mol. The number of hydrogen-bond donors (Lipinski definition) is 1. The second-order valence-electron chi connectivity index (χ2n) is 5.48. The van der Waals surface area contributed by atoms with Crippen molar-refractivity contribution in [2.75, 3.05) is 18.5 Å². The molecule has 0 saturated heterocycles. The lowest BCUT2D eigenvalue weighted by molar-refractivity contribution is -0.384. The maximum absolute atomic E-state index is 12.4. The summed E-state index contributed by atoms with van der Waals surface area (Å²) in [4.78, 5) is 23.4. The number of nitrogens with one attached hydrogen (secondary N) is 1. The second kappa shape index (κ2) is 7.84. The van der Waals surface area contributed by atoms with Crippen LogP contribution in [0.25, 0.3) is 0 Å². The number of non-ortho nitro benzene ring substituents is 1. The molecule has 0 fully saturated rings. The van der Waals surface area contributed by atoms with Crippen molar-refractivity contribution in [3.05, 3.63) is 51.5 Å². The molecule has 7 nitrogen and oxygen atoms in total. The SMILES string of the molecule is CC(Sc1ccc([N+](=O)[O-])cc1)C(=O)Nc1cc2c(cc1Cl)OCCO2. The van der Waals surface area contributed by atoms with E-state index in [4.69, 9.17) is 21.1 Å². The summed E-state index contributed by atoms with van der Waals surface area (Å²) in [6, 6.07) is 9.29. The average molecular weight is 395 g/mol. The highest BCUT2D eigenvalue weighted by Gasteiger charge is 2.20. The summed E-state index contributed by atoms with van der Waals surface area (Å²) in [5.41, 5.74) is 0.451. The lowest BCUT2D eigenvalue weighted by Crippen LogP contribution is -2.23. The molecule has 1 N–H and O–H groups in total. The molecule has 2 aromatic rings. The molecule has 1 aliphatic heterocycles. The third-order valence-electron chi connectivity index (χ3n) is 3.62. The molecule has 1 unspecified atom stereocenters. The van der Waals surface area contributed by atoms with Crippen LogP contribution in [0.15, 0.2) is 41.3 Å². The fraction of sp³-hybridized carbons (Fsp3) is 0.235. The van der Waals surface area contributed by atoms with Crippen LogP contribution in [0, 0.1) is 10.1 Å². The fourth-order valence-corrected chi connectivity index (χ4v) is 3.37. The van der Waals surface area contributed by atoms with E-state index in [-0.39, 0.29) is 11.6 Å². The minimum atomic E-state index is -0.464. The van der Waals surface area contributed by atoms with E-state index in [1.807, 2.05) is 0 Å². The van der Waals surface area contributed by atoms with Crippen molar-refractivity contribution < 1.29 is 19.2 Å². The van der Waals surface area contributed by atoms with E-state index >= 15 is 0 Å². The highest BCUT2D eigenvalue weighted by molar-refractivity contribution is 8.00. The number of carbonyl (C=O) groups excluding carboxylic acids is 1. The number of rotatable bonds is 5. The number of nitro groups is 1. The quantitative estimate of drug-likeness (QED) is 0.465. The van der Waals surface area contributed by atoms with Crippen molar-refractivity contribution in [2.45, 2.75) is 17.1 Å². The summed E-state index contributed by atoms with van der Waals surface area (Å²) in [7, 11) is 0. The maximum atomic E-state index is 12.4. The van der Waals surface area contributed by atoms with Crippen LogP contribution in [0.4, 0.5) is 11.4 Å². The first-order chi connectivity index (χ1) is 12.4. The van der Waals surface area contributed by atoms with Gasteiger partial charge in [-0.3, -0.25) is 14.9 Å². The molecule has 0 spiro atoms. The number of halogens is 1. The zero-order valence-corrected chi connectivity index (χ0v) is 15.3. The molecule has 3 rings (SSSR count). The van der Waals surface area contributed by atoms with Gasteiger partial charge in [0.25, 0.3) is 5.69 Å². The van der Waals surface area contributed by atoms with Crippen molar-refractivity contribution >= 4 is 40.6 Å². The van der Waals surface area contributed by atoms with Gasteiger partial charge in [-0.05, 0) is 19.1 Å². The molecule has 0 aromatic heterocycles. The number of nitro benzene ring substituents is 1. The Labute approximate surface area is 158 Å². The van der Waals surface area contributed by atoms with Crippen LogP contribution in [0.1, 0.15) is 6.92 Å². The fourth-order valence-electron chi connectivity index (χ4n) is 2.30. The molecule has 1 atom stereocenters. The van der Waals surface area contributed by atoms with Crippen LogP contribution in [-0.2, 0) is 4.79 Å². The Hall–Kier alpha value is -2.45. The van der Waals surface area contributed by atoms with Gasteiger partial charge in [-0.25, -0.2) is 0 Å². The van der Waals surface area contributed by atoms with Crippen molar-refractivity contribution in [1.29, 1.82) is 0 Å². The smallest absolute Gasteiger partial charge is 0.269 e. The van der Waals surface area contributed by atoms with E-state index in [2.05, 4.69) is 5.32 Å². The first-order valence-electron chi connectivity index (χ1n) is 7.75. The standard InChI is InChI=1S/C17H15ClN2O5S/c1-10(26-12-4-2-11(3-5-12)20(22)23)17(21)19-14-9-16-15(8-13(14)18)24-6-7-25-16/h2-5,8-10H,6-7H2,1H3,(H,19,21). The summed E-state index contributed by atoms with van der Waals surface area (Å²) < 4.78 is 10.9. The highest BCUT2D eigenvalue weighted by Crippen LogP contribution is 2.38. The van der Waals surface area contributed by atoms with E-state index in [9.17, 15) is 14.9 Å². The number of carbonyl (C=O) groups is 1. The van der Waals surface area contributed by atoms with Crippen molar-refractivity contribution in [1.82, 2.24) is 0 Å². The molecule has 0 saturated carbocycles. The Morgan fingerprint density at radius 3 is 2.46 bits per heavy atom. The van der Waals surface area contributed by atoms with E-state index in [0.717, 1.165) is 4.90 Å². The second-order valence-corrected chi connectivity index (χ2v) is 7.30. The first kappa shape index (κ1) is 18.3. The van der Waals surface area contributed by atoms with E-state index < -0.39 is 10.2 Å². The van der Waals surface area contributed by atoms with Gasteiger partial charge in [-0.2, -0.15) is 0 Å². The Bertz CT molecular complexity index is 844. The Morgan fingerprint density at radius 2 is 1.85 bits per heavy atom. The molecule has 136 valence electrons. The summed E-state index contributed by atoms with van der Waals surface area (Å²) >= 11 is 7.49. The number of nitrogens with zero attached hydrogens (tertiary/aromatic N) is 1. The molecule has 9 heteroatoms. The van der Waals surface area contributed by atoms with Gasteiger partial charge < -0.3 is 14.8 Å². The van der Waals surface area contributed by atoms with Crippen molar-refractivity contribution in [3.8, 4) is 11.5 Å². The first-order valence-corrected chi connectivity index (χ1v) is 9.01. The number of fused-ring (bicyclic) bond motifs is 1. The molecule has 1 heterocycles. The van der Waals surface area contributed by atoms with E-state index in [1.165, 1.54) is 23.9 Å². The van der Waals surface area contributed by atoms with Gasteiger partial charge in [0.15, 0.2) is 11.5 Å². The minimum absolute atomic E-state index is 0.00881. The van der Waals surface area contributed by atoms with Gasteiger partial charge in [0.2, 0.25) is 5.91 Å². The number of hydrogen-bond acceptors (Lipinski definition) is 6. The molecule has 26 heavy (non-hydrogen) atoms. The average Bonchev–Trinajstić information content (AvgIpc) is 2.62. The molecule has 0 bridgehead atoms. The summed E-state index contributed by atoms with van der Waals surface area (Å²) in [6.07, 6.45) is 0. The Balaban J connectivity index is 1.66. The third kappa shape index (κ3) is 4.20. The molecule has 2 aromatic carbocycles. The van der Waals surface area contributed by atoms with Crippen LogP contribution in [0.2, 0.25) is 5.02 Å². The number of amides is 1. The van der Waals surface area contributed by atoms with Gasteiger partial charge in [-0.1, -0.05) is 11.6 Å². The predicted octanol–water partition coefficient (Wildman–Crippen LogP) is 4.14. The zero-order chi connectivity index (χ0) is 18.7. The minimum Gasteiger partial charge on any atom is -0.486 e.